The van der Waals surface area contributed by atoms with Gasteiger partial charge in [0.05, 0.1) is 12.6 Å². The molecule has 6 heteroatoms. The van der Waals surface area contributed by atoms with Crippen molar-refractivity contribution in [2.45, 2.75) is 12.5 Å². The molecule has 16 heavy (non-hydrogen) atoms. The summed E-state index contributed by atoms with van der Waals surface area (Å²) in [6.45, 7) is 1.10. The summed E-state index contributed by atoms with van der Waals surface area (Å²) in [5.74, 6) is -1.13. The molecule has 0 aromatic carbocycles. The first-order chi connectivity index (χ1) is 7.66. The maximum Gasteiger partial charge on any atom is 0.273 e. The van der Waals surface area contributed by atoms with E-state index in [2.05, 4.69) is 26.2 Å². The second kappa shape index (κ2) is 4.88. The number of carbonyl (C=O) groups is 1. The number of amides is 1. The number of hydrogen-bond donors (Lipinski definition) is 1. The van der Waals surface area contributed by atoms with Gasteiger partial charge in [0.2, 0.25) is 0 Å². The van der Waals surface area contributed by atoms with Crippen molar-refractivity contribution >= 4 is 21.8 Å². The van der Waals surface area contributed by atoms with Gasteiger partial charge in [-0.25, -0.2) is 9.37 Å². The summed E-state index contributed by atoms with van der Waals surface area (Å²) in [7, 11) is 0. The molecule has 2 rings (SSSR count). The van der Waals surface area contributed by atoms with Crippen LogP contribution in [0.1, 0.15) is 16.9 Å². The van der Waals surface area contributed by atoms with E-state index in [0.29, 0.717) is 17.7 Å². The van der Waals surface area contributed by atoms with Crippen LogP contribution in [-0.4, -0.2) is 30.1 Å². The van der Waals surface area contributed by atoms with Gasteiger partial charge in [0.25, 0.3) is 5.91 Å². The normalized spacial score (nSPS) is 19.8. The largest absolute Gasteiger partial charge is 0.379 e. The zero-order valence-electron chi connectivity index (χ0n) is 8.37. The minimum absolute atomic E-state index is 0.0441. The van der Waals surface area contributed by atoms with E-state index in [1.807, 2.05) is 0 Å². The number of carbonyl (C=O) groups excluding carboxylic acids is 1. The van der Waals surface area contributed by atoms with Gasteiger partial charge in [0, 0.05) is 17.3 Å². The Bertz CT molecular complexity index is 408. The second-order valence-electron chi connectivity index (χ2n) is 3.52. The predicted molar refractivity (Wildman–Crippen MR) is 58.6 cm³/mol. The molecular formula is C10H10BrFN2O2. The molecule has 1 atom stereocenters. The van der Waals surface area contributed by atoms with Gasteiger partial charge in [-0.3, -0.25) is 4.79 Å². The lowest BCUT2D eigenvalue weighted by atomic mass is 10.2. The molecule has 86 valence electrons. The van der Waals surface area contributed by atoms with Crippen molar-refractivity contribution in [2.24, 2.45) is 0 Å². The summed E-state index contributed by atoms with van der Waals surface area (Å²) >= 11 is 3.08. The first-order valence-electron chi connectivity index (χ1n) is 4.86. The van der Waals surface area contributed by atoms with Crippen molar-refractivity contribution in [2.75, 3.05) is 13.2 Å². The van der Waals surface area contributed by atoms with Crippen molar-refractivity contribution in [3.05, 3.63) is 28.2 Å². The number of ether oxygens (including phenoxy) is 1. The number of nitrogens with one attached hydrogen (secondary N) is 1. The van der Waals surface area contributed by atoms with E-state index in [-0.39, 0.29) is 11.7 Å². The number of pyridine rings is 1. The lowest BCUT2D eigenvalue weighted by Crippen LogP contribution is -2.36. The number of rotatable bonds is 2. The Morgan fingerprint density at radius 1 is 1.69 bits per heavy atom. The van der Waals surface area contributed by atoms with Gasteiger partial charge >= 0.3 is 0 Å². The van der Waals surface area contributed by atoms with Gasteiger partial charge in [0.15, 0.2) is 11.5 Å². The summed E-state index contributed by atoms with van der Waals surface area (Å²) in [5, 5.41) is 2.67. The molecule has 1 fully saturated rings. The van der Waals surface area contributed by atoms with Gasteiger partial charge < -0.3 is 10.1 Å². The molecule has 2 heterocycles. The van der Waals surface area contributed by atoms with Crippen LogP contribution in [-0.2, 0) is 4.74 Å². The number of hydrogen-bond acceptors (Lipinski definition) is 3. The zero-order valence-corrected chi connectivity index (χ0v) is 9.96. The maximum atomic E-state index is 13.4. The Hall–Kier alpha value is -1.01. The van der Waals surface area contributed by atoms with E-state index in [4.69, 9.17) is 4.74 Å². The number of nitrogens with zero attached hydrogens (tertiary/aromatic N) is 1. The molecule has 0 saturated carbocycles. The van der Waals surface area contributed by atoms with Crippen LogP contribution in [0.3, 0.4) is 0 Å². The van der Waals surface area contributed by atoms with E-state index >= 15 is 0 Å². The molecule has 0 spiro atoms. The highest BCUT2D eigenvalue weighted by molar-refractivity contribution is 9.10. The van der Waals surface area contributed by atoms with Crippen LogP contribution in [0.2, 0.25) is 0 Å². The number of aromatic nitrogens is 1. The van der Waals surface area contributed by atoms with Crippen LogP contribution >= 0.6 is 15.9 Å². The van der Waals surface area contributed by atoms with Crippen LogP contribution in [0.5, 0.6) is 0 Å². The van der Waals surface area contributed by atoms with Crippen molar-refractivity contribution in [3.63, 3.8) is 0 Å². The minimum atomic E-state index is -0.634. The Labute approximate surface area is 100 Å². The molecule has 0 radical (unpaired) electrons. The van der Waals surface area contributed by atoms with Gasteiger partial charge in [-0.1, -0.05) is 0 Å². The van der Waals surface area contributed by atoms with Crippen LogP contribution in [0.4, 0.5) is 4.39 Å². The molecule has 1 N–H and O–H groups in total. The fraction of sp³-hybridized carbons (Fsp3) is 0.400. The molecule has 1 aliphatic heterocycles. The summed E-state index contributed by atoms with van der Waals surface area (Å²) < 4.78 is 19.0. The van der Waals surface area contributed by atoms with Gasteiger partial charge in [-0.2, -0.15) is 0 Å². The second-order valence-corrected chi connectivity index (χ2v) is 4.43. The Morgan fingerprint density at radius 2 is 2.50 bits per heavy atom. The van der Waals surface area contributed by atoms with Crippen LogP contribution in [0, 0.1) is 5.82 Å². The van der Waals surface area contributed by atoms with E-state index in [9.17, 15) is 9.18 Å². The van der Waals surface area contributed by atoms with Crippen molar-refractivity contribution in [1.82, 2.24) is 10.3 Å². The first-order valence-corrected chi connectivity index (χ1v) is 5.66. The van der Waals surface area contributed by atoms with E-state index in [1.54, 1.807) is 0 Å². The van der Waals surface area contributed by atoms with E-state index in [0.717, 1.165) is 6.42 Å². The summed E-state index contributed by atoms with van der Waals surface area (Å²) in [5.41, 5.74) is -0.185. The van der Waals surface area contributed by atoms with Crippen molar-refractivity contribution < 1.29 is 13.9 Å². The first kappa shape index (κ1) is 11.5. The average Bonchev–Trinajstić information content (AvgIpc) is 2.70. The molecular weight excluding hydrogens is 279 g/mol. The summed E-state index contributed by atoms with van der Waals surface area (Å²) in [4.78, 5) is 15.4. The van der Waals surface area contributed by atoms with E-state index < -0.39 is 11.7 Å². The van der Waals surface area contributed by atoms with Crippen molar-refractivity contribution in [3.8, 4) is 0 Å². The molecule has 1 aromatic rings. The topological polar surface area (TPSA) is 51.2 Å². The third-order valence-electron chi connectivity index (χ3n) is 2.29. The summed E-state index contributed by atoms with van der Waals surface area (Å²) in [6.07, 6.45) is 2.15. The van der Waals surface area contributed by atoms with Crippen molar-refractivity contribution in [1.29, 1.82) is 0 Å². The third-order valence-corrected chi connectivity index (χ3v) is 2.72. The lowest BCUT2D eigenvalue weighted by Gasteiger charge is -2.10. The summed E-state index contributed by atoms with van der Waals surface area (Å²) in [6, 6.07) is 1.17. The van der Waals surface area contributed by atoms with Crippen LogP contribution in [0.25, 0.3) is 0 Å². The molecule has 1 aromatic heterocycles. The average molecular weight is 289 g/mol. The van der Waals surface area contributed by atoms with Crippen LogP contribution < -0.4 is 5.32 Å². The zero-order chi connectivity index (χ0) is 11.5. The molecule has 1 unspecified atom stereocenters. The standard InChI is InChI=1S/C10H10BrFN2O2/c11-6-3-8(12)9(13-4-6)10(15)14-7-1-2-16-5-7/h3-4,7H,1-2,5H2,(H,14,15). The molecule has 1 saturated heterocycles. The SMILES string of the molecule is O=C(NC1CCOC1)c1ncc(Br)cc1F. The predicted octanol–water partition coefficient (Wildman–Crippen LogP) is 1.50. The molecule has 4 nitrogen and oxygen atoms in total. The monoisotopic (exact) mass is 288 g/mol. The quantitative estimate of drug-likeness (QED) is 0.897. The van der Waals surface area contributed by atoms with Crippen LogP contribution in [0.15, 0.2) is 16.7 Å². The molecule has 0 bridgehead atoms. The Kier molecular flexibility index (Phi) is 3.50. The number of halogens is 2. The maximum absolute atomic E-state index is 13.4. The van der Waals surface area contributed by atoms with E-state index in [1.165, 1.54) is 12.3 Å². The smallest absolute Gasteiger partial charge is 0.273 e. The molecule has 0 aliphatic carbocycles. The molecule has 1 amide bonds. The Balaban J connectivity index is 2.08. The Morgan fingerprint density at radius 3 is 3.12 bits per heavy atom. The highest BCUT2D eigenvalue weighted by Crippen LogP contribution is 2.13. The van der Waals surface area contributed by atoms with Gasteiger partial charge in [-0.15, -0.1) is 0 Å². The third kappa shape index (κ3) is 2.56. The highest BCUT2D eigenvalue weighted by atomic mass is 79.9. The fourth-order valence-corrected chi connectivity index (χ4v) is 1.79. The highest BCUT2D eigenvalue weighted by Gasteiger charge is 2.21. The van der Waals surface area contributed by atoms with Gasteiger partial charge in [-0.05, 0) is 28.4 Å². The molecule has 1 aliphatic rings. The lowest BCUT2D eigenvalue weighted by molar-refractivity contribution is 0.0920. The van der Waals surface area contributed by atoms with Gasteiger partial charge in [0.1, 0.15) is 0 Å². The fourth-order valence-electron chi connectivity index (χ4n) is 1.48. The minimum Gasteiger partial charge on any atom is -0.379 e.